The SMILES string of the molecule is C[C@H]1Cc2cc(/C=C3/SC(=S)N(C[C@H]4CCCO4)C3=O)ccc2O1. The first kappa shape index (κ1) is 16.1. The van der Waals surface area contributed by atoms with Crippen molar-refractivity contribution in [1.82, 2.24) is 4.90 Å². The van der Waals surface area contributed by atoms with Crippen molar-refractivity contribution in [2.45, 2.75) is 38.4 Å². The van der Waals surface area contributed by atoms with Gasteiger partial charge in [-0.15, -0.1) is 0 Å². The molecule has 0 radical (unpaired) electrons. The second-order valence-corrected chi connectivity index (χ2v) is 8.10. The molecule has 4 rings (SSSR count). The molecule has 0 saturated carbocycles. The lowest BCUT2D eigenvalue weighted by atomic mass is 10.1. The summed E-state index contributed by atoms with van der Waals surface area (Å²) in [5.41, 5.74) is 2.22. The molecule has 0 spiro atoms. The monoisotopic (exact) mass is 361 g/mol. The van der Waals surface area contributed by atoms with Crippen molar-refractivity contribution in [3.63, 3.8) is 0 Å². The predicted octanol–water partition coefficient (Wildman–Crippen LogP) is 3.39. The summed E-state index contributed by atoms with van der Waals surface area (Å²) < 4.78 is 12.0. The molecule has 2 saturated heterocycles. The fourth-order valence-electron chi connectivity index (χ4n) is 3.33. The van der Waals surface area contributed by atoms with Crippen molar-refractivity contribution in [3.8, 4) is 5.75 Å². The van der Waals surface area contributed by atoms with Crippen LogP contribution in [0, 0.1) is 0 Å². The van der Waals surface area contributed by atoms with Crippen LogP contribution in [0.1, 0.15) is 30.9 Å². The van der Waals surface area contributed by atoms with Crippen molar-refractivity contribution in [2.24, 2.45) is 0 Å². The Hall–Kier alpha value is -1.37. The summed E-state index contributed by atoms with van der Waals surface area (Å²) in [6, 6.07) is 6.08. The van der Waals surface area contributed by atoms with Gasteiger partial charge in [0.1, 0.15) is 16.2 Å². The average Bonchev–Trinajstić information content (AvgIpc) is 3.23. The van der Waals surface area contributed by atoms with Gasteiger partial charge in [-0.3, -0.25) is 9.69 Å². The molecule has 3 aliphatic heterocycles. The van der Waals surface area contributed by atoms with Crippen LogP contribution < -0.4 is 4.74 Å². The molecule has 3 heterocycles. The van der Waals surface area contributed by atoms with Crippen LogP contribution in [-0.4, -0.2) is 40.5 Å². The zero-order chi connectivity index (χ0) is 16.7. The number of carbonyl (C=O) groups excluding carboxylic acids is 1. The number of hydrogen-bond donors (Lipinski definition) is 0. The number of ether oxygens (including phenoxy) is 2. The second kappa shape index (κ2) is 6.50. The van der Waals surface area contributed by atoms with Gasteiger partial charge >= 0.3 is 0 Å². The third kappa shape index (κ3) is 3.10. The van der Waals surface area contributed by atoms with Gasteiger partial charge < -0.3 is 9.47 Å². The third-order valence-corrected chi connectivity index (χ3v) is 5.88. The Bertz CT molecular complexity index is 725. The van der Waals surface area contributed by atoms with Gasteiger partial charge in [-0.05, 0) is 49.1 Å². The predicted molar refractivity (Wildman–Crippen MR) is 99.1 cm³/mol. The molecule has 6 heteroatoms. The van der Waals surface area contributed by atoms with E-state index in [4.69, 9.17) is 21.7 Å². The minimum atomic E-state index is -0.00869. The Kier molecular flexibility index (Phi) is 4.37. The van der Waals surface area contributed by atoms with E-state index in [-0.39, 0.29) is 18.1 Å². The summed E-state index contributed by atoms with van der Waals surface area (Å²) in [7, 11) is 0. The molecule has 0 bridgehead atoms. The highest BCUT2D eigenvalue weighted by Gasteiger charge is 2.34. The molecular weight excluding hydrogens is 342 g/mol. The number of nitrogens with zero attached hydrogens (tertiary/aromatic N) is 1. The van der Waals surface area contributed by atoms with E-state index >= 15 is 0 Å². The first-order chi connectivity index (χ1) is 11.6. The standard InChI is InChI=1S/C18H19NO3S2/c1-11-7-13-8-12(4-5-15(13)22-11)9-16-17(20)19(18(23)24-16)10-14-3-2-6-21-14/h4-5,8-9,11,14H,2-3,6-7,10H2,1H3/b16-9+/t11-,14+/m0/s1. The lowest BCUT2D eigenvalue weighted by molar-refractivity contribution is -0.123. The summed E-state index contributed by atoms with van der Waals surface area (Å²) in [4.78, 5) is 15.0. The molecule has 0 unspecified atom stereocenters. The van der Waals surface area contributed by atoms with Gasteiger partial charge in [0.2, 0.25) is 0 Å². The van der Waals surface area contributed by atoms with E-state index in [1.807, 2.05) is 18.2 Å². The number of fused-ring (bicyclic) bond motifs is 1. The molecular formula is C18H19NO3S2. The summed E-state index contributed by atoms with van der Waals surface area (Å²) in [5, 5.41) is 0. The largest absolute Gasteiger partial charge is 0.490 e. The smallest absolute Gasteiger partial charge is 0.266 e. The molecule has 0 aromatic heterocycles. The molecule has 0 aliphatic carbocycles. The third-order valence-electron chi connectivity index (χ3n) is 4.50. The molecule has 126 valence electrons. The van der Waals surface area contributed by atoms with Gasteiger partial charge in [0, 0.05) is 13.0 Å². The Morgan fingerprint density at radius 3 is 3.12 bits per heavy atom. The summed E-state index contributed by atoms with van der Waals surface area (Å²) >= 11 is 6.77. The van der Waals surface area contributed by atoms with Crippen molar-refractivity contribution >= 4 is 40.3 Å². The van der Waals surface area contributed by atoms with Gasteiger partial charge in [-0.1, -0.05) is 30.0 Å². The van der Waals surface area contributed by atoms with E-state index in [0.717, 1.165) is 37.2 Å². The Morgan fingerprint density at radius 2 is 2.33 bits per heavy atom. The zero-order valence-corrected chi connectivity index (χ0v) is 15.1. The van der Waals surface area contributed by atoms with E-state index < -0.39 is 0 Å². The number of thiocarbonyl (C=S) groups is 1. The van der Waals surface area contributed by atoms with Crippen LogP contribution >= 0.6 is 24.0 Å². The van der Waals surface area contributed by atoms with Crippen molar-refractivity contribution < 1.29 is 14.3 Å². The van der Waals surface area contributed by atoms with Gasteiger partial charge in [0.15, 0.2) is 0 Å². The lowest BCUT2D eigenvalue weighted by Gasteiger charge is -2.18. The maximum atomic E-state index is 12.7. The Balaban J connectivity index is 1.52. The van der Waals surface area contributed by atoms with Crippen LogP contribution in [0.4, 0.5) is 0 Å². The summed E-state index contributed by atoms with van der Waals surface area (Å²) in [6.07, 6.45) is 5.24. The van der Waals surface area contributed by atoms with E-state index in [1.165, 1.54) is 17.3 Å². The first-order valence-electron chi connectivity index (χ1n) is 8.27. The van der Waals surface area contributed by atoms with Crippen molar-refractivity contribution in [3.05, 3.63) is 34.2 Å². The van der Waals surface area contributed by atoms with Gasteiger partial charge in [0.05, 0.1) is 17.6 Å². The number of rotatable bonds is 3. The fraction of sp³-hybridized carbons (Fsp3) is 0.444. The lowest BCUT2D eigenvalue weighted by Crippen LogP contribution is -2.35. The molecule has 3 aliphatic rings. The summed E-state index contributed by atoms with van der Waals surface area (Å²) in [5.74, 6) is 0.941. The van der Waals surface area contributed by atoms with Crippen LogP contribution in [0.3, 0.4) is 0 Å². The second-order valence-electron chi connectivity index (χ2n) is 6.43. The molecule has 2 fully saturated rings. The van der Waals surface area contributed by atoms with Crippen LogP contribution in [-0.2, 0) is 16.0 Å². The topological polar surface area (TPSA) is 38.8 Å². The minimum Gasteiger partial charge on any atom is -0.490 e. The van der Waals surface area contributed by atoms with Crippen molar-refractivity contribution in [1.29, 1.82) is 0 Å². The van der Waals surface area contributed by atoms with E-state index in [9.17, 15) is 4.79 Å². The zero-order valence-electron chi connectivity index (χ0n) is 13.5. The van der Waals surface area contributed by atoms with Crippen LogP contribution in [0.5, 0.6) is 5.75 Å². The minimum absolute atomic E-state index is 0.00869. The molecule has 1 aromatic carbocycles. The number of carbonyl (C=O) groups is 1. The van der Waals surface area contributed by atoms with Gasteiger partial charge in [0.25, 0.3) is 5.91 Å². The Morgan fingerprint density at radius 1 is 1.46 bits per heavy atom. The number of thioether (sulfide) groups is 1. The molecule has 1 amide bonds. The number of amides is 1. The number of benzene rings is 1. The molecule has 24 heavy (non-hydrogen) atoms. The maximum absolute atomic E-state index is 12.7. The van der Waals surface area contributed by atoms with Crippen LogP contribution in [0.25, 0.3) is 6.08 Å². The van der Waals surface area contributed by atoms with E-state index in [1.54, 1.807) is 4.90 Å². The molecule has 4 nitrogen and oxygen atoms in total. The Labute approximate surface area is 151 Å². The van der Waals surface area contributed by atoms with Crippen molar-refractivity contribution in [2.75, 3.05) is 13.2 Å². The fourth-order valence-corrected chi connectivity index (χ4v) is 4.61. The summed E-state index contributed by atoms with van der Waals surface area (Å²) in [6.45, 7) is 3.42. The average molecular weight is 361 g/mol. The maximum Gasteiger partial charge on any atom is 0.266 e. The molecule has 2 atom stereocenters. The highest BCUT2D eigenvalue weighted by atomic mass is 32.2. The van der Waals surface area contributed by atoms with E-state index in [0.29, 0.717) is 15.8 Å². The van der Waals surface area contributed by atoms with Crippen LogP contribution in [0.15, 0.2) is 23.1 Å². The quantitative estimate of drug-likeness (QED) is 0.609. The highest BCUT2D eigenvalue weighted by Crippen LogP contribution is 2.35. The highest BCUT2D eigenvalue weighted by molar-refractivity contribution is 8.26. The van der Waals surface area contributed by atoms with Gasteiger partial charge in [-0.25, -0.2) is 0 Å². The normalized spacial score (nSPS) is 27.9. The van der Waals surface area contributed by atoms with Crippen LogP contribution in [0.2, 0.25) is 0 Å². The molecule has 1 aromatic rings. The van der Waals surface area contributed by atoms with E-state index in [2.05, 4.69) is 13.0 Å². The number of hydrogen-bond acceptors (Lipinski definition) is 5. The molecule has 0 N–H and O–H groups in total. The van der Waals surface area contributed by atoms with Gasteiger partial charge in [-0.2, -0.15) is 0 Å². The first-order valence-corrected chi connectivity index (χ1v) is 9.49.